The number of fused-ring (bicyclic) bond motifs is 1. The molecule has 2 N–H and O–H groups in total. The van der Waals surface area contributed by atoms with Crippen molar-refractivity contribution < 1.29 is 13.7 Å². The lowest BCUT2D eigenvalue weighted by atomic mass is 9.98. The van der Waals surface area contributed by atoms with Gasteiger partial charge in [0.2, 0.25) is 11.7 Å². The second-order valence-corrected chi connectivity index (χ2v) is 6.43. The topological polar surface area (TPSA) is 80.0 Å². The number of benzene rings is 2. The minimum atomic E-state index is -0.370. The number of hydrogen-bond acceptors (Lipinski definition) is 5. The molecule has 3 aromatic rings. The maximum absolute atomic E-state index is 14.5. The van der Waals surface area contributed by atoms with Crippen LogP contribution in [0.5, 0.6) is 0 Å². The standard InChI is InChI=1S/C20H19FN4O2/c1-2-18(26)23-15-5-3-12(4-6-15)19-24-20(27-25-19)16-9-13-7-8-22-11-14(13)10-17(16)21/h3-6,9-10,22H,2,7-8,11H2,1H3,(H,23,26). The molecule has 2 heterocycles. The number of anilines is 1. The fourth-order valence-electron chi connectivity index (χ4n) is 3.07. The first kappa shape index (κ1) is 17.4. The summed E-state index contributed by atoms with van der Waals surface area (Å²) in [5.74, 6) is 0.109. The molecule has 0 atom stereocenters. The number of rotatable bonds is 4. The summed E-state index contributed by atoms with van der Waals surface area (Å²) in [7, 11) is 0. The summed E-state index contributed by atoms with van der Waals surface area (Å²) in [6.07, 6.45) is 1.26. The number of hydrogen-bond donors (Lipinski definition) is 2. The van der Waals surface area contributed by atoms with E-state index in [1.165, 1.54) is 6.07 Å². The van der Waals surface area contributed by atoms with Crippen molar-refractivity contribution in [2.24, 2.45) is 0 Å². The second-order valence-electron chi connectivity index (χ2n) is 6.43. The second kappa shape index (κ2) is 7.28. The van der Waals surface area contributed by atoms with Crippen LogP contribution in [0.25, 0.3) is 22.8 Å². The van der Waals surface area contributed by atoms with Gasteiger partial charge in [0.15, 0.2) is 0 Å². The number of carbonyl (C=O) groups is 1. The van der Waals surface area contributed by atoms with Crippen molar-refractivity contribution in [3.8, 4) is 22.8 Å². The van der Waals surface area contributed by atoms with Gasteiger partial charge in [0.05, 0.1) is 5.56 Å². The number of aromatic nitrogens is 2. The van der Waals surface area contributed by atoms with Gasteiger partial charge in [-0.1, -0.05) is 12.1 Å². The fraction of sp³-hybridized carbons (Fsp3) is 0.250. The van der Waals surface area contributed by atoms with Gasteiger partial charge < -0.3 is 15.2 Å². The quantitative estimate of drug-likeness (QED) is 0.738. The van der Waals surface area contributed by atoms with Gasteiger partial charge in [-0.15, -0.1) is 0 Å². The average Bonchev–Trinajstić information content (AvgIpc) is 3.18. The van der Waals surface area contributed by atoms with E-state index in [1.54, 1.807) is 37.3 Å². The van der Waals surface area contributed by atoms with E-state index in [0.29, 0.717) is 30.0 Å². The Balaban J connectivity index is 1.59. The van der Waals surface area contributed by atoms with E-state index >= 15 is 0 Å². The lowest BCUT2D eigenvalue weighted by Gasteiger charge is -2.17. The molecular formula is C20H19FN4O2. The van der Waals surface area contributed by atoms with E-state index in [1.807, 2.05) is 0 Å². The highest BCUT2D eigenvalue weighted by atomic mass is 19.1. The number of amides is 1. The molecule has 1 amide bonds. The Hall–Kier alpha value is -3.06. The van der Waals surface area contributed by atoms with Crippen LogP contribution in [0.2, 0.25) is 0 Å². The Bertz CT molecular complexity index is 982. The van der Waals surface area contributed by atoms with Gasteiger partial charge in [-0.05, 0) is 60.5 Å². The normalized spacial score (nSPS) is 13.3. The third kappa shape index (κ3) is 3.59. The molecule has 0 fully saturated rings. The average molecular weight is 366 g/mol. The third-order valence-electron chi connectivity index (χ3n) is 4.58. The summed E-state index contributed by atoms with van der Waals surface area (Å²) in [6, 6.07) is 10.4. The van der Waals surface area contributed by atoms with E-state index in [2.05, 4.69) is 20.8 Å². The van der Waals surface area contributed by atoms with Crippen molar-refractivity contribution in [1.29, 1.82) is 0 Å². The molecule has 2 aromatic carbocycles. The molecule has 1 aliphatic heterocycles. The van der Waals surface area contributed by atoms with Gasteiger partial charge in [0.1, 0.15) is 5.82 Å². The van der Waals surface area contributed by atoms with Gasteiger partial charge in [-0.3, -0.25) is 4.79 Å². The smallest absolute Gasteiger partial charge is 0.261 e. The molecule has 1 aliphatic rings. The van der Waals surface area contributed by atoms with Crippen LogP contribution < -0.4 is 10.6 Å². The summed E-state index contributed by atoms with van der Waals surface area (Å²) in [6.45, 7) is 3.33. The van der Waals surface area contributed by atoms with Crippen molar-refractivity contribution in [2.45, 2.75) is 26.3 Å². The minimum Gasteiger partial charge on any atom is -0.334 e. The van der Waals surface area contributed by atoms with Crippen molar-refractivity contribution in [2.75, 3.05) is 11.9 Å². The Kier molecular flexibility index (Phi) is 4.68. The molecule has 138 valence electrons. The predicted octanol–water partition coefficient (Wildman–Crippen LogP) is 3.54. The van der Waals surface area contributed by atoms with E-state index in [-0.39, 0.29) is 17.6 Å². The van der Waals surface area contributed by atoms with Crippen LogP contribution in [0.3, 0.4) is 0 Å². The number of nitrogens with zero attached hydrogens (tertiary/aromatic N) is 2. The number of carbonyl (C=O) groups excluding carboxylic acids is 1. The number of nitrogens with one attached hydrogen (secondary N) is 2. The SMILES string of the molecule is CCC(=O)Nc1ccc(-c2noc(-c3cc4c(cc3F)CNCC4)n2)cc1. The first-order chi connectivity index (χ1) is 13.1. The molecule has 0 saturated heterocycles. The molecule has 0 spiro atoms. The highest BCUT2D eigenvalue weighted by Crippen LogP contribution is 2.28. The zero-order valence-electron chi connectivity index (χ0n) is 14.9. The van der Waals surface area contributed by atoms with Crippen molar-refractivity contribution in [3.05, 3.63) is 53.3 Å². The van der Waals surface area contributed by atoms with Crippen molar-refractivity contribution >= 4 is 11.6 Å². The highest BCUT2D eigenvalue weighted by Gasteiger charge is 2.19. The molecule has 0 unspecified atom stereocenters. The fourth-order valence-corrected chi connectivity index (χ4v) is 3.07. The molecular weight excluding hydrogens is 347 g/mol. The summed E-state index contributed by atoms with van der Waals surface area (Å²) >= 11 is 0. The summed E-state index contributed by atoms with van der Waals surface area (Å²) in [4.78, 5) is 15.8. The first-order valence-corrected chi connectivity index (χ1v) is 8.90. The Morgan fingerprint density at radius 3 is 2.85 bits per heavy atom. The largest absolute Gasteiger partial charge is 0.334 e. The summed E-state index contributed by atoms with van der Waals surface area (Å²) < 4.78 is 19.8. The molecule has 6 nitrogen and oxygen atoms in total. The van der Waals surface area contributed by atoms with Crippen molar-refractivity contribution in [3.63, 3.8) is 0 Å². The van der Waals surface area contributed by atoms with E-state index in [0.717, 1.165) is 29.7 Å². The first-order valence-electron chi connectivity index (χ1n) is 8.90. The number of halogens is 1. The molecule has 0 aliphatic carbocycles. The zero-order chi connectivity index (χ0) is 18.8. The highest BCUT2D eigenvalue weighted by molar-refractivity contribution is 5.90. The summed E-state index contributed by atoms with van der Waals surface area (Å²) in [5.41, 5.74) is 3.81. The van der Waals surface area contributed by atoms with Crippen LogP contribution in [0, 0.1) is 5.82 Å². The summed E-state index contributed by atoms with van der Waals surface area (Å²) in [5, 5.41) is 9.98. The maximum Gasteiger partial charge on any atom is 0.261 e. The monoisotopic (exact) mass is 366 g/mol. The maximum atomic E-state index is 14.5. The third-order valence-corrected chi connectivity index (χ3v) is 4.58. The van der Waals surface area contributed by atoms with Gasteiger partial charge in [-0.25, -0.2) is 4.39 Å². The molecule has 0 radical (unpaired) electrons. The van der Waals surface area contributed by atoms with Gasteiger partial charge in [-0.2, -0.15) is 4.98 Å². The van der Waals surface area contributed by atoms with Crippen LogP contribution in [0.4, 0.5) is 10.1 Å². The molecule has 1 aromatic heterocycles. The zero-order valence-corrected chi connectivity index (χ0v) is 14.9. The van der Waals surface area contributed by atoms with Gasteiger partial charge in [0, 0.05) is 24.2 Å². The van der Waals surface area contributed by atoms with Gasteiger partial charge in [0.25, 0.3) is 5.89 Å². The van der Waals surface area contributed by atoms with Crippen LogP contribution in [0.15, 0.2) is 40.9 Å². The van der Waals surface area contributed by atoms with E-state index in [4.69, 9.17) is 4.52 Å². The molecule has 4 rings (SSSR count). The Morgan fingerprint density at radius 2 is 2.07 bits per heavy atom. The molecule has 27 heavy (non-hydrogen) atoms. The van der Waals surface area contributed by atoms with Crippen LogP contribution in [-0.4, -0.2) is 22.6 Å². The molecule has 0 saturated carbocycles. The van der Waals surface area contributed by atoms with Gasteiger partial charge >= 0.3 is 0 Å². The van der Waals surface area contributed by atoms with Crippen LogP contribution in [0.1, 0.15) is 24.5 Å². The van der Waals surface area contributed by atoms with E-state index < -0.39 is 0 Å². The lowest BCUT2D eigenvalue weighted by molar-refractivity contribution is -0.115. The lowest BCUT2D eigenvalue weighted by Crippen LogP contribution is -2.23. The van der Waals surface area contributed by atoms with E-state index in [9.17, 15) is 9.18 Å². The Morgan fingerprint density at radius 1 is 1.26 bits per heavy atom. The minimum absolute atomic E-state index is 0.0531. The molecule has 7 heteroatoms. The van der Waals surface area contributed by atoms with Crippen LogP contribution in [-0.2, 0) is 17.8 Å². The van der Waals surface area contributed by atoms with Crippen molar-refractivity contribution in [1.82, 2.24) is 15.5 Å². The Labute approximate surface area is 155 Å². The predicted molar refractivity (Wildman–Crippen MR) is 99.5 cm³/mol. The van der Waals surface area contributed by atoms with Crippen LogP contribution >= 0.6 is 0 Å². The molecule has 0 bridgehead atoms.